The fourth-order valence-corrected chi connectivity index (χ4v) is 1.87. The van der Waals surface area contributed by atoms with E-state index in [1.54, 1.807) is 18.3 Å². The van der Waals surface area contributed by atoms with Crippen molar-refractivity contribution in [2.45, 2.75) is 13.5 Å². The molecular weight excluding hydrogens is 268 g/mol. The lowest BCUT2D eigenvalue weighted by molar-refractivity contribution is -0.121. The molecule has 0 aliphatic heterocycles. The van der Waals surface area contributed by atoms with Crippen LogP contribution in [0.3, 0.4) is 0 Å². The zero-order valence-corrected chi connectivity index (χ0v) is 11.9. The van der Waals surface area contributed by atoms with Crippen LogP contribution in [0.1, 0.15) is 5.56 Å². The van der Waals surface area contributed by atoms with Crippen molar-refractivity contribution in [3.63, 3.8) is 0 Å². The number of nitrogens with zero attached hydrogens (tertiary/aromatic N) is 1. The molecule has 0 saturated carbocycles. The Kier molecular flexibility index (Phi) is 5.15. The third-order valence-corrected chi connectivity index (χ3v) is 2.90. The average Bonchev–Trinajstić information content (AvgIpc) is 2.46. The molecule has 0 fully saturated rings. The van der Waals surface area contributed by atoms with E-state index in [1.807, 2.05) is 31.2 Å². The SMILES string of the molecule is Cc1cccc(OCCNC(=O)Cn2ccccc2=O)c1. The van der Waals surface area contributed by atoms with Crippen molar-refractivity contribution in [1.82, 2.24) is 9.88 Å². The van der Waals surface area contributed by atoms with Gasteiger partial charge in [0.05, 0.1) is 6.54 Å². The number of nitrogens with one attached hydrogen (secondary N) is 1. The fourth-order valence-electron chi connectivity index (χ4n) is 1.87. The number of carbonyl (C=O) groups excluding carboxylic acids is 1. The Morgan fingerprint density at radius 2 is 2.10 bits per heavy atom. The first-order valence-corrected chi connectivity index (χ1v) is 6.77. The maximum atomic E-state index is 11.7. The van der Waals surface area contributed by atoms with Gasteiger partial charge in [0.2, 0.25) is 5.91 Å². The minimum Gasteiger partial charge on any atom is -0.492 e. The highest BCUT2D eigenvalue weighted by molar-refractivity contribution is 5.75. The number of hydrogen-bond acceptors (Lipinski definition) is 3. The van der Waals surface area contributed by atoms with E-state index in [4.69, 9.17) is 4.74 Å². The van der Waals surface area contributed by atoms with Crippen LogP contribution in [0.25, 0.3) is 0 Å². The predicted molar refractivity (Wildman–Crippen MR) is 80.4 cm³/mol. The van der Waals surface area contributed by atoms with Gasteiger partial charge in [0.15, 0.2) is 0 Å². The van der Waals surface area contributed by atoms with E-state index in [0.29, 0.717) is 13.2 Å². The molecule has 0 radical (unpaired) electrons. The van der Waals surface area contributed by atoms with Crippen LogP contribution < -0.4 is 15.6 Å². The van der Waals surface area contributed by atoms with Crippen molar-refractivity contribution in [3.8, 4) is 5.75 Å². The van der Waals surface area contributed by atoms with Gasteiger partial charge in [-0.25, -0.2) is 0 Å². The maximum Gasteiger partial charge on any atom is 0.250 e. The maximum absolute atomic E-state index is 11.7. The smallest absolute Gasteiger partial charge is 0.250 e. The van der Waals surface area contributed by atoms with E-state index < -0.39 is 0 Å². The summed E-state index contributed by atoms with van der Waals surface area (Å²) in [5.74, 6) is 0.569. The summed E-state index contributed by atoms with van der Waals surface area (Å²) in [4.78, 5) is 23.2. The highest BCUT2D eigenvalue weighted by atomic mass is 16.5. The van der Waals surface area contributed by atoms with Crippen LogP contribution in [0.2, 0.25) is 0 Å². The Bertz CT molecular complexity index is 664. The second-order valence-electron chi connectivity index (χ2n) is 4.68. The molecule has 0 spiro atoms. The Morgan fingerprint density at radius 1 is 1.24 bits per heavy atom. The molecule has 5 nitrogen and oxygen atoms in total. The number of ether oxygens (including phenoxy) is 1. The molecule has 0 aliphatic carbocycles. The van der Waals surface area contributed by atoms with Crippen LogP contribution >= 0.6 is 0 Å². The van der Waals surface area contributed by atoms with E-state index >= 15 is 0 Å². The molecule has 1 heterocycles. The van der Waals surface area contributed by atoms with Crippen molar-refractivity contribution in [2.75, 3.05) is 13.2 Å². The molecule has 1 aromatic carbocycles. The lowest BCUT2D eigenvalue weighted by atomic mass is 10.2. The first kappa shape index (κ1) is 14.8. The summed E-state index contributed by atoms with van der Waals surface area (Å²) in [5.41, 5.74) is 0.934. The van der Waals surface area contributed by atoms with Gasteiger partial charge in [-0.1, -0.05) is 18.2 Å². The third kappa shape index (κ3) is 4.80. The number of benzene rings is 1. The van der Waals surface area contributed by atoms with Gasteiger partial charge < -0.3 is 14.6 Å². The summed E-state index contributed by atoms with van der Waals surface area (Å²) in [6.07, 6.45) is 1.59. The Hall–Kier alpha value is -2.56. The van der Waals surface area contributed by atoms with Gasteiger partial charge in [0.25, 0.3) is 5.56 Å². The summed E-state index contributed by atoms with van der Waals surface area (Å²) in [6, 6.07) is 12.5. The first-order chi connectivity index (χ1) is 10.1. The van der Waals surface area contributed by atoms with E-state index in [1.165, 1.54) is 10.6 Å². The van der Waals surface area contributed by atoms with Crippen LogP contribution in [0.15, 0.2) is 53.5 Å². The molecule has 2 rings (SSSR count). The molecular formula is C16H18N2O3. The summed E-state index contributed by atoms with van der Waals surface area (Å²) in [7, 11) is 0. The molecule has 0 aliphatic rings. The molecule has 1 aromatic heterocycles. The summed E-state index contributed by atoms with van der Waals surface area (Å²) in [6.45, 7) is 2.80. The summed E-state index contributed by atoms with van der Waals surface area (Å²) in [5, 5.41) is 2.72. The zero-order chi connectivity index (χ0) is 15.1. The zero-order valence-electron chi connectivity index (χ0n) is 11.9. The molecule has 5 heteroatoms. The highest BCUT2D eigenvalue weighted by Gasteiger charge is 2.03. The quantitative estimate of drug-likeness (QED) is 0.816. The van der Waals surface area contributed by atoms with Crippen molar-refractivity contribution >= 4 is 5.91 Å². The molecule has 21 heavy (non-hydrogen) atoms. The number of aryl methyl sites for hydroxylation is 1. The molecule has 0 unspecified atom stereocenters. The molecule has 0 bridgehead atoms. The Labute approximate surface area is 123 Å². The number of hydrogen-bond donors (Lipinski definition) is 1. The standard InChI is InChI=1S/C16H18N2O3/c1-13-5-4-6-14(11-13)21-10-8-17-15(19)12-18-9-3-2-7-16(18)20/h2-7,9,11H,8,10,12H2,1H3,(H,17,19). The first-order valence-electron chi connectivity index (χ1n) is 6.77. The van der Waals surface area contributed by atoms with Gasteiger partial charge in [-0.05, 0) is 30.7 Å². The van der Waals surface area contributed by atoms with Gasteiger partial charge in [-0.15, -0.1) is 0 Å². The molecule has 2 aromatic rings. The van der Waals surface area contributed by atoms with Crippen molar-refractivity contribution in [3.05, 3.63) is 64.6 Å². The van der Waals surface area contributed by atoms with E-state index in [-0.39, 0.29) is 18.0 Å². The largest absolute Gasteiger partial charge is 0.492 e. The number of amides is 1. The third-order valence-electron chi connectivity index (χ3n) is 2.90. The van der Waals surface area contributed by atoms with Gasteiger partial charge in [0.1, 0.15) is 18.9 Å². The Balaban J connectivity index is 1.72. The van der Waals surface area contributed by atoms with Crippen LogP contribution in [-0.4, -0.2) is 23.6 Å². The van der Waals surface area contributed by atoms with Gasteiger partial charge >= 0.3 is 0 Å². The van der Waals surface area contributed by atoms with E-state index in [0.717, 1.165) is 11.3 Å². The second kappa shape index (κ2) is 7.28. The monoisotopic (exact) mass is 286 g/mol. The lowest BCUT2D eigenvalue weighted by Crippen LogP contribution is -2.34. The lowest BCUT2D eigenvalue weighted by Gasteiger charge is -2.09. The van der Waals surface area contributed by atoms with E-state index in [2.05, 4.69) is 5.32 Å². The normalized spacial score (nSPS) is 10.1. The van der Waals surface area contributed by atoms with E-state index in [9.17, 15) is 9.59 Å². The fraction of sp³-hybridized carbons (Fsp3) is 0.250. The highest BCUT2D eigenvalue weighted by Crippen LogP contribution is 2.11. The molecule has 0 saturated heterocycles. The molecule has 110 valence electrons. The van der Waals surface area contributed by atoms with Gasteiger partial charge in [0, 0.05) is 12.3 Å². The predicted octanol–water partition coefficient (Wildman–Crippen LogP) is 1.35. The number of aromatic nitrogens is 1. The summed E-state index contributed by atoms with van der Waals surface area (Å²) >= 11 is 0. The second-order valence-corrected chi connectivity index (χ2v) is 4.68. The molecule has 0 atom stereocenters. The minimum absolute atomic E-state index is 0.0180. The van der Waals surface area contributed by atoms with Gasteiger partial charge in [-0.2, -0.15) is 0 Å². The van der Waals surface area contributed by atoms with Gasteiger partial charge in [-0.3, -0.25) is 9.59 Å². The van der Waals surface area contributed by atoms with Crippen LogP contribution in [-0.2, 0) is 11.3 Å². The van der Waals surface area contributed by atoms with Crippen LogP contribution in [0.4, 0.5) is 0 Å². The van der Waals surface area contributed by atoms with Crippen molar-refractivity contribution in [1.29, 1.82) is 0 Å². The van der Waals surface area contributed by atoms with Crippen LogP contribution in [0.5, 0.6) is 5.75 Å². The molecule has 1 N–H and O–H groups in total. The number of rotatable bonds is 6. The Morgan fingerprint density at radius 3 is 2.86 bits per heavy atom. The average molecular weight is 286 g/mol. The van der Waals surface area contributed by atoms with Crippen molar-refractivity contribution < 1.29 is 9.53 Å². The number of pyridine rings is 1. The van der Waals surface area contributed by atoms with Crippen molar-refractivity contribution in [2.24, 2.45) is 0 Å². The minimum atomic E-state index is -0.212. The summed E-state index contributed by atoms with van der Waals surface area (Å²) < 4.78 is 6.89. The topological polar surface area (TPSA) is 60.3 Å². The number of carbonyl (C=O) groups is 1. The van der Waals surface area contributed by atoms with Crippen LogP contribution in [0, 0.1) is 6.92 Å². The molecule has 1 amide bonds.